The Morgan fingerprint density at radius 3 is 2.67 bits per heavy atom. The quantitative estimate of drug-likeness (QED) is 0.656. The molecule has 1 fully saturated rings. The van der Waals surface area contributed by atoms with Crippen LogP contribution >= 0.6 is 0 Å². The molecule has 0 bridgehead atoms. The van der Waals surface area contributed by atoms with Crippen LogP contribution in [0.25, 0.3) is 0 Å². The summed E-state index contributed by atoms with van der Waals surface area (Å²) in [5.41, 5.74) is 3.08. The van der Waals surface area contributed by atoms with Crippen molar-refractivity contribution in [3.05, 3.63) is 34.9 Å². The second-order valence-corrected chi connectivity index (χ2v) is 7.28. The number of hydrogen-bond donors (Lipinski definition) is 1. The SMILES string of the molecule is CC(C)(Cc1cc(C=O)ccc1C1CC1)[S@@+](N)[O-]. The lowest BCUT2D eigenvalue weighted by molar-refractivity contribution is 0.112. The molecule has 0 spiro atoms. The van der Waals surface area contributed by atoms with Crippen LogP contribution in [0.3, 0.4) is 0 Å². The molecule has 0 unspecified atom stereocenters. The summed E-state index contributed by atoms with van der Waals surface area (Å²) in [6.07, 6.45) is 3.91. The van der Waals surface area contributed by atoms with Gasteiger partial charge in [0.05, 0.1) is 0 Å². The van der Waals surface area contributed by atoms with Crippen molar-refractivity contribution >= 4 is 17.6 Å². The van der Waals surface area contributed by atoms with Crippen molar-refractivity contribution < 1.29 is 9.35 Å². The average Bonchev–Trinajstić information content (AvgIpc) is 3.12. The van der Waals surface area contributed by atoms with E-state index in [0.29, 0.717) is 17.9 Å². The maximum absolute atomic E-state index is 11.5. The number of carbonyl (C=O) groups is 1. The minimum absolute atomic E-state index is 0.467. The van der Waals surface area contributed by atoms with Gasteiger partial charge in [-0.3, -0.25) is 4.79 Å². The van der Waals surface area contributed by atoms with Gasteiger partial charge in [0.25, 0.3) is 0 Å². The molecular formula is C14H19NO2S. The van der Waals surface area contributed by atoms with Gasteiger partial charge in [-0.15, -0.1) is 0 Å². The van der Waals surface area contributed by atoms with Gasteiger partial charge in [-0.05, 0) is 49.8 Å². The molecule has 2 N–H and O–H groups in total. The smallest absolute Gasteiger partial charge is 0.150 e. The fourth-order valence-electron chi connectivity index (χ4n) is 2.17. The topological polar surface area (TPSA) is 66.2 Å². The summed E-state index contributed by atoms with van der Waals surface area (Å²) in [4.78, 5) is 10.9. The lowest BCUT2D eigenvalue weighted by Crippen LogP contribution is -2.39. The first-order chi connectivity index (χ1) is 8.44. The largest absolute Gasteiger partial charge is 0.598 e. The molecule has 4 heteroatoms. The third-order valence-corrected chi connectivity index (χ3v) is 4.71. The second-order valence-electron chi connectivity index (χ2n) is 5.58. The molecule has 1 atom stereocenters. The van der Waals surface area contributed by atoms with E-state index in [1.807, 2.05) is 32.0 Å². The molecule has 0 aliphatic heterocycles. The maximum atomic E-state index is 11.5. The zero-order chi connectivity index (χ0) is 13.3. The van der Waals surface area contributed by atoms with Crippen molar-refractivity contribution in [3.63, 3.8) is 0 Å². The Balaban J connectivity index is 2.31. The normalized spacial score (nSPS) is 17.6. The Morgan fingerprint density at radius 1 is 1.50 bits per heavy atom. The van der Waals surface area contributed by atoms with Gasteiger partial charge >= 0.3 is 0 Å². The highest BCUT2D eigenvalue weighted by molar-refractivity contribution is 7.90. The fourth-order valence-corrected chi connectivity index (χ4v) is 2.47. The highest BCUT2D eigenvalue weighted by Crippen LogP contribution is 2.42. The van der Waals surface area contributed by atoms with E-state index >= 15 is 0 Å². The molecule has 1 saturated carbocycles. The minimum atomic E-state index is -1.37. The first kappa shape index (κ1) is 13.6. The van der Waals surface area contributed by atoms with Gasteiger partial charge in [0, 0.05) is 23.3 Å². The number of carbonyl (C=O) groups excluding carboxylic acids is 1. The third kappa shape index (κ3) is 2.94. The number of benzene rings is 1. The zero-order valence-electron chi connectivity index (χ0n) is 10.8. The highest BCUT2D eigenvalue weighted by Gasteiger charge is 2.33. The van der Waals surface area contributed by atoms with Crippen LogP contribution in [-0.4, -0.2) is 15.6 Å². The summed E-state index contributed by atoms with van der Waals surface area (Å²) < 4.78 is 11.1. The van der Waals surface area contributed by atoms with Crippen LogP contribution in [0.15, 0.2) is 18.2 Å². The number of hydrogen-bond acceptors (Lipinski definition) is 3. The highest BCUT2D eigenvalue weighted by atomic mass is 32.2. The van der Waals surface area contributed by atoms with E-state index < -0.39 is 16.1 Å². The van der Waals surface area contributed by atoms with Crippen molar-refractivity contribution in [3.8, 4) is 0 Å². The summed E-state index contributed by atoms with van der Waals surface area (Å²) in [5, 5.41) is 5.53. The molecule has 3 nitrogen and oxygen atoms in total. The van der Waals surface area contributed by atoms with Crippen LogP contribution in [0.4, 0.5) is 0 Å². The molecule has 0 heterocycles. The molecule has 1 aliphatic rings. The summed E-state index contributed by atoms with van der Waals surface area (Å²) in [5.74, 6) is 0.614. The summed E-state index contributed by atoms with van der Waals surface area (Å²) >= 11 is -1.37. The molecule has 0 saturated heterocycles. The van der Waals surface area contributed by atoms with E-state index in [-0.39, 0.29) is 0 Å². The molecule has 2 rings (SSSR count). The lowest BCUT2D eigenvalue weighted by atomic mass is 9.93. The van der Waals surface area contributed by atoms with E-state index in [9.17, 15) is 9.35 Å². The van der Waals surface area contributed by atoms with Crippen LogP contribution in [0.5, 0.6) is 0 Å². The Labute approximate surface area is 111 Å². The van der Waals surface area contributed by atoms with E-state index in [1.54, 1.807) is 0 Å². The van der Waals surface area contributed by atoms with Gasteiger partial charge in [-0.2, -0.15) is 5.14 Å². The summed E-state index contributed by atoms with van der Waals surface area (Å²) in [7, 11) is 0. The maximum Gasteiger partial charge on any atom is 0.150 e. The van der Waals surface area contributed by atoms with Crippen molar-refractivity contribution in [2.24, 2.45) is 5.14 Å². The average molecular weight is 265 g/mol. The zero-order valence-corrected chi connectivity index (χ0v) is 11.6. The van der Waals surface area contributed by atoms with E-state index in [2.05, 4.69) is 0 Å². The fraction of sp³-hybridized carbons (Fsp3) is 0.500. The molecule has 0 radical (unpaired) electrons. The molecule has 1 aromatic rings. The monoisotopic (exact) mass is 265 g/mol. The number of aldehydes is 1. The Kier molecular flexibility index (Phi) is 3.80. The molecule has 1 aromatic carbocycles. The van der Waals surface area contributed by atoms with Crippen LogP contribution < -0.4 is 5.14 Å². The van der Waals surface area contributed by atoms with Crippen molar-refractivity contribution in [2.75, 3.05) is 0 Å². The van der Waals surface area contributed by atoms with Gasteiger partial charge < -0.3 is 4.55 Å². The summed E-state index contributed by atoms with van der Waals surface area (Å²) in [6, 6.07) is 5.80. The minimum Gasteiger partial charge on any atom is -0.598 e. The first-order valence-corrected chi connectivity index (χ1v) is 7.39. The van der Waals surface area contributed by atoms with E-state index in [0.717, 1.165) is 11.8 Å². The number of nitrogens with two attached hydrogens (primary N) is 1. The third-order valence-electron chi connectivity index (χ3n) is 3.48. The van der Waals surface area contributed by atoms with Crippen LogP contribution in [-0.2, 0) is 17.8 Å². The van der Waals surface area contributed by atoms with E-state index in [1.165, 1.54) is 18.4 Å². The van der Waals surface area contributed by atoms with E-state index in [4.69, 9.17) is 5.14 Å². The van der Waals surface area contributed by atoms with Crippen LogP contribution in [0, 0.1) is 0 Å². The second kappa shape index (κ2) is 5.03. The predicted molar refractivity (Wildman–Crippen MR) is 73.9 cm³/mol. The van der Waals surface area contributed by atoms with Gasteiger partial charge in [0.1, 0.15) is 11.0 Å². The van der Waals surface area contributed by atoms with Gasteiger partial charge in [-0.1, -0.05) is 12.1 Å². The molecule has 1 aliphatic carbocycles. The van der Waals surface area contributed by atoms with Gasteiger partial charge in [0.15, 0.2) is 0 Å². The standard InChI is InChI=1S/C14H19NO2S/c1-14(2,18(15)17)8-12-7-10(9-16)3-6-13(12)11-4-5-11/h3,6-7,9,11H,4-5,8,15H2,1-2H3/t18-/m0/s1. The van der Waals surface area contributed by atoms with Gasteiger partial charge in [0.2, 0.25) is 0 Å². The molecule has 98 valence electrons. The summed E-state index contributed by atoms with van der Waals surface area (Å²) in [6.45, 7) is 3.79. The molecule has 0 aromatic heterocycles. The van der Waals surface area contributed by atoms with Crippen LogP contribution in [0.2, 0.25) is 0 Å². The van der Waals surface area contributed by atoms with Crippen molar-refractivity contribution in [1.82, 2.24) is 0 Å². The molecule has 18 heavy (non-hydrogen) atoms. The number of rotatable bonds is 5. The van der Waals surface area contributed by atoms with Crippen LogP contribution in [0.1, 0.15) is 54.1 Å². The first-order valence-electron chi connectivity index (χ1n) is 6.18. The van der Waals surface area contributed by atoms with Crippen molar-refractivity contribution in [1.29, 1.82) is 0 Å². The Hall–Kier alpha value is -0.840. The van der Waals surface area contributed by atoms with Gasteiger partial charge in [-0.25, -0.2) is 0 Å². The molecule has 0 amide bonds. The molecular weight excluding hydrogens is 246 g/mol. The Bertz CT molecular complexity index is 453. The van der Waals surface area contributed by atoms with Crippen molar-refractivity contribution in [2.45, 2.75) is 43.8 Å². The Morgan fingerprint density at radius 2 is 2.17 bits per heavy atom. The predicted octanol–water partition coefficient (Wildman–Crippen LogP) is 2.32. The lowest BCUT2D eigenvalue weighted by Gasteiger charge is -2.25.